The van der Waals surface area contributed by atoms with Gasteiger partial charge >= 0.3 is 0 Å². The molecule has 13 heavy (non-hydrogen) atoms. The maximum atomic E-state index is 4.24. The lowest BCUT2D eigenvalue weighted by Gasteiger charge is -2.12. The third kappa shape index (κ3) is 1.95. The molecular weight excluding hydrogens is 164 g/mol. The van der Waals surface area contributed by atoms with E-state index in [1.54, 1.807) is 12.4 Å². The van der Waals surface area contributed by atoms with Gasteiger partial charge in [-0.15, -0.1) is 0 Å². The van der Waals surface area contributed by atoms with Crippen molar-refractivity contribution in [3.63, 3.8) is 0 Å². The van der Waals surface area contributed by atoms with Crippen LogP contribution >= 0.6 is 0 Å². The van der Waals surface area contributed by atoms with E-state index in [0.29, 0.717) is 6.04 Å². The van der Waals surface area contributed by atoms with Crippen LogP contribution in [0.2, 0.25) is 0 Å². The van der Waals surface area contributed by atoms with Crippen LogP contribution in [0.4, 0.5) is 5.82 Å². The maximum absolute atomic E-state index is 4.24. The minimum atomic E-state index is 0.510. The molecule has 0 bridgehead atoms. The van der Waals surface area contributed by atoms with Gasteiger partial charge in [-0.25, -0.2) is 4.98 Å². The summed E-state index contributed by atoms with van der Waals surface area (Å²) in [6.45, 7) is 4.09. The zero-order valence-electron chi connectivity index (χ0n) is 7.75. The van der Waals surface area contributed by atoms with Crippen molar-refractivity contribution in [2.45, 2.75) is 19.4 Å². The van der Waals surface area contributed by atoms with Gasteiger partial charge < -0.3 is 10.6 Å². The minimum Gasteiger partial charge on any atom is -0.365 e. The predicted octanol–water partition coefficient (Wildman–Crippen LogP) is 0.559. The summed E-state index contributed by atoms with van der Waals surface area (Å²) in [6, 6.07) is 0.510. The normalized spacial score (nSPS) is 21.8. The van der Waals surface area contributed by atoms with E-state index < -0.39 is 0 Å². The van der Waals surface area contributed by atoms with Crippen LogP contribution in [0.5, 0.6) is 0 Å². The van der Waals surface area contributed by atoms with Gasteiger partial charge in [-0.05, 0) is 19.9 Å². The van der Waals surface area contributed by atoms with E-state index in [1.807, 2.05) is 6.92 Å². The van der Waals surface area contributed by atoms with Crippen LogP contribution in [0.3, 0.4) is 0 Å². The molecule has 1 aromatic rings. The molecule has 1 aliphatic heterocycles. The van der Waals surface area contributed by atoms with Crippen LogP contribution < -0.4 is 10.6 Å². The van der Waals surface area contributed by atoms with E-state index in [0.717, 1.165) is 31.0 Å². The van der Waals surface area contributed by atoms with Crippen LogP contribution in [-0.4, -0.2) is 29.1 Å². The molecule has 0 saturated carbocycles. The van der Waals surface area contributed by atoms with Crippen molar-refractivity contribution in [2.75, 3.05) is 18.4 Å². The third-order valence-electron chi connectivity index (χ3n) is 2.28. The van der Waals surface area contributed by atoms with Crippen molar-refractivity contribution < 1.29 is 0 Å². The van der Waals surface area contributed by atoms with Gasteiger partial charge in [0.1, 0.15) is 5.82 Å². The Morgan fingerprint density at radius 1 is 1.46 bits per heavy atom. The van der Waals surface area contributed by atoms with Crippen LogP contribution in [-0.2, 0) is 0 Å². The molecule has 0 unspecified atom stereocenters. The Balaban J connectivity index is 2.04. The maximum Gasteiger partial charge on any atom is 0.147 e. The number of hydrogen-bond acceptors (Lipinski definition) is 4. The number of nitrogens with one attached hydrogen (secondary N) is 2. The smallest absolute Gasteiger partial charge is 0.147 e. The second-order valence-electron chi connectivity index (χ2n) is 3.32. The number of hydrogen-bond donors (Lipinski definition) is 2. The van der Waals surface area contributed by atoms with Gasteiger partial charge in [0.2, 0.25) is 0 Å². The summed E-state index contributed by atoms with van der Waals surface area (Å²) >= 11 is 0. The average molecular weight is 178 g/mol. The molecule has 2 N–H and O–H groups in total. The van der Waals surface area contributed by atoms with Gasteiger partial charge in [0.05, 0.1) is 5.69 Å². The van der Waals surface area contributed by atoms with Crippen LogP contribution in [0.15, 0.2) is 12.4 Å². The Morgan fingerprint density at radius 3 is 3.00 bits per heavy atom. The standard InChI is InChI=1S/C9H14N4/c1-7-9(12-5-4-11-7)13-8-2-3-10-6-8/h4-5,8,10H,2-3,6H2,1H3,(H,12,13)/t8-/m1/s1. The molecule has 0 radical (unpaired) electrons. The van der Waals surface area contributed by atoms with Crippen molar-refractivity contribution in [2.24, 2.45) is 0 Å². The van der Waals surface area contributed by atoms with Crippen molar-refractivity contribution in [1.29, 1.82) is 0 Å². The summed E-state index contributed by atoms with van der Waals surface area (Å²) in [5, 5.41) is 6.67. The van der Waals surface area contributed by atoms with Crippen LogP contribution in [0.1, 0.15) is 12.1 Å². The van der Waals surface area contributed by atoms with E-state index in [4.69, 9.17) is 0 Å². The quantitative estimate of drug-likeness (QED) is 0.694. The molecule has 0 amide bonds. The summed E-state index contributed by atoms with van der Waals surface area (Å²) in [7, 11) is 0. The number of rotatable bonds is 2. The average Bonchev–Trinajstić information content (AvgIpc) is 2.61. The van der Waals surface area contributed by atoms with Gasteiger partial charge in [-0.2, -0.15) is 0 Å². The highest BCUT2D eigenvalue weighted by Crippen LogP contribution is 2.10. The van der Waals surface area contributed by atoms with Gasteiger partial charge in [-0.3, -0.25) is 4.98 Å². The van der Waals surface area contributed by atoms with E-state index in [9.17, 15) is 0 Å². The highest BCUT2D eigenvalue weighted by molar-refractivity contribution is 5.39. The second-order valence-corrected chi connectivity index (χ2v) is 3.32. The lowest BCUT2D eigenvalue weighted by atomic mass is 10.2. The number of anilines is 1. The Hall–Kier alpha value is -1.16. The molecule has 4 nitrogen and oxygen atoms in total. The molecule has 1 aliphatic rings. The second kappa shape index (κ2) is 3.70. The lowest BCUT2D eigenvalue weighted by Crippen LogP contribution is -2.23. The predicted molar refractivity (Wildman–Crippen MR) is 51.7 cm³/mol. The summed E-state index contributed by atoms with van der Waals surface area (Å²) in [6.07, 6.45) is 4.60. The molecule has 1 saturated heterocycles. The number of nitrogens with zero attached hydrogens (tertiary/aromatic N) is 2. The van der Waals surface area contributed by atoms with Crippen molar-refractivity contribution in [3.8, 4) is 0 Å². The van der Waals surface area contributed by atoms with Crippen molar-refractivity contribution in [1.82, 2.24) is 15.3 Å². The molecule has 4 heteroatoms. The van der Waals surface area contributed by atoms with Gasteiger partial charge in [-0.1, -0.05) is 0 Å². The first-order chi connectivity index (χ1) is 6.36. The SMILES string of the molecule is Cc1nccnc1N[C@@H]1CCNC1. The topological polar surface area (TPSA) is 49.8 Å². The summed E-state index contributed by atoms with van der Waals surface area (Å²) in [5.74, 6) is 0.913. The zero-order chi connectivity index (χ0) is 9.10. The lowest BCUT2D eigenvalue weighted by molar-refractivity contribution is 0.784. The van der Waals surface area contributed by atoms with E-state index >= 15 is 0 Å². The highest BCUT2D eigenvalue weighted by Gasteiger charge is 2.14. The summed E-state index contributed by atoms with van der Waals surface area (Å²) in [4.78, 5) is 8.42. The fraction of sp³-hybridized carbons (Fsp3) is 0.556. The molecule has 1 atom stereocenters. The fourth-order valence-electron chi connectivity index (χ4n) is 1.52. The van der Waals surface area contributed by atoms with Crippen LogP contribution in [0, 0.1) is 6.92 Å². The molecule has 0 aliphatic carbocycles. The Labute approximate surface area is 77.8 Å². The molecule has 1 fully saturated rings. The minimum absolute atomic E-state index is 0.510. The largest absolute Gasteiger partial charge is 0.365 e. The molecule has 0 aromatic carbocycles. The summed E-state index contributed by atoms with van der Waals surface area (Å²) in [5.41, 5.74) is 0.967. The molecule has 0 spiro atoms. The first-order valence-corrected chi connectivity index (χ1v) is 4.61. The molecule has 70 valence electrons. The van der Waals surface area contributed by atoms with E-state index in [-0.39, 0.29) is 0 Å². The fourth-order valence-corrected chi connectivity index (χ4v) is 1.52. The monoisotopic (exact) mass is 178 g/mol. The van der Waals surface area contributed by atoms with Crippen molar-refractivity contribution in [3.05, 3.63) is 18.1 Å². The third-order valence-corrected chi connectivity index (χ3v) is 2.28. The molecule has 1 aromatic heterocycles. The number of aryl methyl sites for hydroxylation is 1. The highest BCUT2D eigenvalue weighted by atomic mass is 15.1. The Morgan fingerprint density at radius 2 is 2.31 bits per heavy atom. The summed E-state index contributed by atoms with van der Waals surface area (Å²) < 4.78 is 0. The first kappa shape index (κ1) is 8.44. The number of aromatic nitrogens is 2. The Kier molecular flexibility index (Phi) is 2.40. The van der Waals surface area contributed by atoms with E-state index in [1.165, 1.54) is 0 Å². The van der Waals surface area contributed by atoms with Gasteiger partial charge in [0.15, 0.2) is 0 Å². The molecule has 2 rings (SSSR count). The first-order valence-electron chi connectivity index (χ1n) is 4.61. The molecule has 2 heterocycles. The van der Waals surface area contributed by atoms with Crippen molar-refractivity contribution >= 4 is 5.82 Å². The van der Waals surface area contributed by atoms with Crippen LogP contribution in [0.25, 0.3) is 0 Å². The Bertz CT molecular complexity index is 281. The zero-order valence-corrected chi connectivity index (χ0v) is 7.75. The van der Waals surface area contributed by atoms with E-state index in [2.05, 4.69) is 20.6 Å². The van der Waals surface area contributed by atoms with Gasteiger partial charge in [0.25, 0.3) is 0 Å². The van der Waals surface area contributed by atoms with Gasteiger partial charge in [0, 0.05) is 25.0 Å². The molecular formula is C9H14N4.